The monoisotopic (exact) mass is 251 g/mol. The average molecular weight is 251 g/mol. The van der Waals surface area contributed by atoms with E-state index in [1.165, 1.54) is 22.3 Å². The van der Waals surface area contributed by atoms with Crippen molar-refractivity contribution in [3.8, 4) is 0 Å². The van der Waals surface area contributed by atoms with Gasteiger partial charge in [0.15, 0.2) is 0 Å². The summed E-state index contributed by atoms with van der Waals surface area (Å²) < 4.78 is 0. The standard InChI is InChI=1S/C17H17NO/c18-17(19)14-9-8-13-6-3-5-12-4-1-2-7-15(12)16(13)11-10-14/h1-2,4,7-8,10-11H,3,5-6,9H2,(H2,18,19). The van der Waals surface area contributed by atoms with E-state index in [1.807, 2.05) is 6.08 Å². The van der Waals surface area contributed by atoms with E-state index in [9.17, 15) is 4.79 Å². The third-order valence-electron chi connectivity index (χ3n) is 3.88. The van der Waals surface area contributed by atoms with Crippen molar-refractivity contribution in [2.45, 2.75) is 25.7 Å². The van der Waals surface area contributed by atoms with Crippen LogP contribution in [-0.2, 0) is 11.2 Å². The summed E-state index contributed by atoms with van der Waals surface area (Å²) in [6.45, 7) is 0. The molecule has 0 saturated heterocycles. The Morgan fingerprint density at radius 3 is 2.79 bits per heavy atom. The molecule has 1 aromatic carbocycles. The molecule has 0 aromatic heterocycles. The zero-order valence-corrected chi connectivity index (χ0v) is 10.9. The molecule has 1 amide bonds. The van der Waals surface area contributed by atoms with E-state index in [1.54, 1.807) is 0 Å². The van der Waals surface area contributed by atoms with E-state index in [-0.39, 0.29) is 5.91 Å². The van der Waals surface area contributed by atoms with Gasteiger partial charge in [0.25, 0.3) is 0 Å². The van der Waals surface area contributed by atoms with Gasteiger partial charge in [-0.1, -0.05) is 42.5 Å². The SMILES string of the molecule is NC(=O)C1=CC=C2C(=CC1)CCCc1ccccc12. The number of carbonyl (C=O) groups is 1. The molecule has 0 bridgehead atoms. The normalized spacial score (nSPS) is 18.0. The highest BCUT2D eigenvalue weighted by molar-refractivity contribution is 5.94. The molecule has 0 radical (unpaired) electrons. The van der Waals surface area contributed by atoms with Crippen LogP contribution in [0.25, 0.3) is 5.57 Å². The fourth-order valence-corrected chi connectivity index (χ4v) is 2.85. The molecule has 2 aliphatic rings. The topological polar surface area (TPSA) is 43.1 Å². The van der Waals surface area contributed by atoms with Gasteiger partial charge in [0.1, 0.15) is 0 Å². The Bertz CT molecular complexity index is 620. The lowest BCUT2D eigenvalue weighted by Crippen LogP contribution is -2.13. The van der Waals surface area contributed by atoms with Crippen LogP contribution in [-0.4, -0.2) is 5.91 Å². The molecule has 0 unspecified atom stereocenters. The van der Waals surface area contributed by atoms with Crippen molar-refractivity contribution in [1.29, 1.82) is 0 Å². The van der Waals surface area contributed by atoms with Gasteiger partial charge in [-0.15, -0.1) is 0 Å². The predicted octanol–water partition coefficient (Wildman–Crippen LogP) is 3.15. The van der Waals surface area contributed by atoms with Crippen molar-refractivity contribution in [1.82, 2.24) is 0 Å². The number of aryl methyl sites for hydroxylation is 1. The molecular weight excluding hydrogens is 234 g/mol. The van der Waals surface area contributed by atoms with Crippen molar-refractivity contribution in [2.24, 2.45) is 5.73 Å². The van der Waals surface area contributed by atoms with Gasteiger partial charge in [0.05, 0.1) is 0 Å². The minimum atomic E-state index is -0.321. The summed E-state index contributed by atoms with van der Waals surface area (Å²) >= 11 is 0. The van der Waals surface area contributed by atoms with Gasteiger partial charge in [-0.3, -0.25) is 4.79 Å². The van der Waals surface area contributed by atoms with Crippen molar-refractivity contribution < 1.29 is 4.79 Å². The Balaban J connectivity index is 2.13. The number of primary amides is 1. The summed E-state index contributed by atoms with van der Waals surface area (Å²) in [5.41, 5.74) is 11.4. The fourth-order valence-electron chi connectivity index (χ4n) is 2.85. The number of allylic oxidation sites excluding steroid dienone is 5. The number of hydrogen-bond acceptors (Lipinski definition) is 1. The van der Waals surface area contributed by atoms with E-state index in [2.05, 4.69) is 36.4 Å². The van der Waals surface area contributed by atoms with Gasteiger partial charge in [0, 0.05) is 5.57 Å². The second-order valence-corrected chi connectivity index (χ2v) is 5.08. The molecule has 96 valence electrons. The minimum absolute atomic E-state index is 0.321. The van der Waals surface area contributed by atoms with Gasteiger partial charge in [-0.25, -0.2) is 0 Å². The van der Waals surface area contributed by atoms with E-state index in [0.29, 0.717) is 12.0 Å². The first-order valence-electron chi connectivity index (χ1n) is 6.74. The second kappa shape index (κ2) is 4.88. The summed E-state index contributed by atoms with van der Waals surface area (Å²) in [6, 6.07) is 8.54. The van der Waals surface area contributed by atoms with Crippen LogP contribution in [0.2, 0.25) is 0 Å². The van der Waals surface area contributed by atoms with E-state index in [0.717, 1.165) is 19.3 Å². The first-order chi connectivity index (χ1) is 9.25. The van der Waals surface area contributed by atoms with Gasteiger partial charge >= 0.3 is 0 Å². The number of nitrogens with two attached hydrogens (primary N) is 1. The van der Waals surface area contributed by atoms with Gasteiger partial charge in [0.2, 0.25) is 5.91 Å². The maximum absolute atomic E-state index is 11.3. The number of fused-ring (bicyclic) bond motifs is 3. The Morgan fingerprint density at radius 2 is 1.95 bits per heavy atom. The zero-order valence-electron chi connectivity index (χ0n) is 10.9. The molecule has 0 spiro atoms. The Labute approximate surface area is 113 Å². The molecule has 2 aliphatic carbocycles. The van der Waals surface area contributed by atoms with Crippen LogP contribution < -0.4 is 5.73 Å². The summed E-state index contributed by atoms with van der Waals surface area (Å²) in [4.78, 5) is 11.3. The number of hydrogen-bond donors (Lipinski definition) is 1. The molecule has 2 nitrogen and oxygen atoms in total. The molecule has 0 atom stereocenters. The fraction of sp³-hybridized carbons (Fsp3) is 0.235. The van der Waals surface area contributed by atoms with Gasteiger partial charge < -0.3 is 5.73 Å². The molecule has 3 rings (SSSR count). The van der Waals surface area contributed by atoms with Crippen molar-refractivity contribution in [2.75, 3.05) is 0 Å². The van der Waals surface area contributed by atoms with Crippen LogP contribution in [0.4, 0.5) is 0 Å². The maximum atomic E-state index is 11.3. The largest absolute Gasteiger partial charge is 0.366 e. The van der Waals surface area contributed by atoms with Crippen LogP contribution >= 0.6 is 0 Å². The van der Waals surface area contributed by atoms with Crippen LogP contribution in [0.15, 0.2) is 53.6 Å². The number of carbonyl (C=O) groups excluding carboxylic acids is 1. The van der Waals surface area contributed by atoms with Gasteiger partial charge in [-0.2, -0.15) is 0 Å². The van der Waals surface area contributed by atoms with E-state index >= 15 is 0 Å². The summed E-state index contributed by atoms with van der Waals surface area (Å²) in [7, 11) is 0. The summed E-state index contributed by atoms with van der Waals surface area (Å²) in [5, 5.41) is 0. The molecule has 1 aromatic rings. The average Bonchev–Trinajstić information content (AvgIpc) is 2.70. The smallest absolute Gasteiger partial charge is 0.244 e. The van der Waals surface area contributed by atoms with E-state index in [4.69, 9.17) is 5.73 Å². The lowest BCUT2D eigenvalue weighted by atomic mass is 9.95. The highest BCUT2D eigenvalue weighted by Crippen LogP contribution is 2.35. The zero-order chi connectivity index (χ0) is 13.2. The van der Waals surface area contributed by atoms with Crippen molar-refractivity contribution in [3.63, 3.8) is 0 Å². The van der Waals surface area contributed by atoms with Crippen molar-refractivity contribution >= 4 is 11.5 Å². The third-order valence-corrected chi connectivity index (χ3v) is 3.88. The van der Waals surface area contributed by atoms with Crippen molar-refractivity contribution in [3.05, 3.63) is 64.8 Å². The Morgan fingerprint density at radius 1 is 1.11 bits per heavy atom. The Hall–Kier alpha value is -2.09. The Kier molecular flexibility index (Phi) is 3.08. The van der Waals surface area contributed by atoms with Crippen LogP contribution in [0.3, 0.4) is 0 Å². The van der Waals surface area contributed by atoms with E-state index < -0.39 is 0 Å². The molecule has 2 N–H and O–H groups in total. The van der Waals surface area contributed by atoms with Gasteiger partial charge in [-0.05, 0) is 48.0 Å². The lowest BCUT2D eigenvalue weighted by Gasteiger charge is -2.10. The van der Waals surface area contributed by atoms with Crippen LogP contribution in [0.5, 0.6) is 0 Å². The third kappa shape index (κ3) is 2.26. The number of amides is 1. The first kappa shape index (κ1) is 12.0. The molecule has 0 fully saturated rings. The highest BCUT2D eigenvalue weighted by atomic mass is 16.1. The second-order valence-electron chi connectivity index (χ2n) is 5.08. The molecule has 0 saturated carbocycles. The molecule has 0 heterocycles. The molecular formula is C17H17NO. The minimum Gasteiger partial charge on any atom is -0.366 e. The predicted molar refractivity (Wildman–Crippen MR) is 77.3 cm³/mol. The first-order valence-corrected chi connectivity index (χ1v) is 6.74. The molecule has 2 heteroatoms. The summed E-state index contributed by atoms with van der Waals surface area (Å²) in [5.74, 6) is -0.321. The van der Waals surface area contributed by atoms with Crippen LogP contribution in [0.1, 0.15) is 30.4 Å². The molecule has 0 aliphatic heterocycles. The maximum Gasteiger partial charge on any atom is 0.244 e. The highest BCUT2D eigenvalue weighted by Gasteiger charge is 2.18. The lowest BCUT2D eigenvalue weighted by molar-refractivity contribution is -0.114. The van der Waals surface area contributed by atoms with Crippen LogP contribution in [0, 0.1) is 0 Å². The number of rotatable bonds is 1. The summed E-state index contributed by atoms with van der Waals surface area (Å²) in [6.07, 6.45) is 10.1. The number of benzene rings is 1. The quantitative estimate of drug-likeness (QED) is 0.818. The molecule has 19 heavy (non-hydrogen) atoms.